The second-order valence-electron chi connectivity index (χ2n) is 4.62. The molecule has 3 rings (SSSR count). The van der Waals surface area contributed by atoms with Gasteiger partial charge in [0.15, 0.2) is 12.0 Å². The first-order valence-corrected chi connectivity index (χ1v) is 8.49. The van der Waals surface area contributed by atoms with E-state index in [1.165, 1.54) is 21.3 Å². The molecular weight excluding hydrogens is 298 g/mol. The van der Waals surface area contributed by atoms with Crippen LogP contribution in [0.25, 0.3) is 0 Å². The lowest BCUT2D eigenvalue weighted by Gasteiger charge is -2.31. The Kier molecular flexibility index (Phi) is 3.27. The minimum atomic E-state index is -3.71. The van der Waals surface area contributed by atoms with Gasteiger partial charge in [-0.15, -0.1) is 11.3 Å². The summed E-state index contributed by atoms with van der Waals surface area (Å²) < 4.78 is 31.7. The number of fused-ring (bicyclic) bond motifs is 1. The predicted molar refractivity (Wildman–Crippen MR) is 74.4 cm³/mol. The molecule has 2 aromatic heterocycles. The Morgan fingerprint density at radius 3 is 2.90 bits per heavy atom. The highest BCUT2D eigenvalue weighted by molar-refractivity contribution is 7.89. The van der Waals surface area contributed by atoms with Crippen LogP contribution in [0.2, 0.25) is 0 Å². The predicted octanol–water partition coefficient (Wildman–Crippen LogP) is 2.46. The molecular formula is C13H13NO4S2. The molecule has 1 aliphatic heterocycles. The molecule has 1 atom stereocenters. The third kappa shape index (κ3) is 2.02. The van der Waals surface area contributed by atoms with Crippen molar-refractivity contribution in [2.45, 2.75) is 24.5 Å². The molecule has 0 fully saturated rings. The van der Waals surface area contributed by atoms with Crippen molar-refractivity contribution >= 4 is 27.6 Å². The normalized spacial score (nSPS) is 19.8. The Labute approximate surface area is 120 Å². The van der Waals surface area contributed by atoms with Crippen LogP contribution >= 0.6 is 11.3 Å². The van der Waals surface area contributed by atoms with Gasteiger partial charge in [-0.25, -0.2) is 8.42 Å². The average Bonchev–Trinajstić information content (AvgIpc) is 3.08. The number of sulfonamides is 1. The van der Waals surface area contributed by atoms with Gasteiger partial charge in [-0.3, -0.25) is 4.79 Å². The van der Waals surface area contributed by atoms with Crippen LogP contribution in [0.1, 0.15) is 34.0 Å². The quantitative estimate of drug-likeness (QED) is 0.817. The van der Waals surface area contributed by atoms with Gasteiger partial charge in [-0.2, -0.15) is 4.31 Å². The standard InChI is InChI=1S/C13H13NO4S2/c1-9-11-5-7-19-12(11)4-6-14(9)20(16,17)13-3-2-10(8-15)18-13/h2-3,5,7-9H,4,6H2,1H3. The van der Waals surface area contributed by atoms with Gasteiger partial charge in [0.05, 0.1) is 0 Å². The lowest BCUT2D eigenvalue weighted by molar-refractivity contribution is 0.109. The number of thiophene rings is 1. The van der Waals surface area contributed by atoms with Gasteiger partial charge in [-0.1, -0.05) is 0 Å². The maximum Gasteiger partial charge on any atom is 0.277 e. The van der Waals surface area contributed by atoms with E-state index in [1.807, 2.05) is 18.4 Å². The van der Waals surface area contributed by atoms with Crippen molar-refractivity contribution in [2.24, 2.45) is 0 Å². The van der Waals surface area contributed by atoms with Crippen LogP contribution in [0.4, 0.5) is 0 Å². The fraction of sp³-hybridized carbons (Fsp3) is 0.308. The van der Waals surface area contributed by atoms with Gasteiger partial charge in [0.1, 0.15) is 0 Å². The lowest BCUT2D eigenvalue weighted by atomic mass is 10.0. The van der Waals surface area contributed by atoms with Gasteiger partial charge in [0.25, 0.3) is 10.0 Å². The van der Waals surface area contributed by atoms with E-state index in [-0.39, 0.29) is 16.9 Å². The summed E-state index contributed by atoms with van der Waals surface area (Å²) in [6, 6.07) is 4.44. The Bertz CT molecular complexity index is 744. The number of carbonyl (C=O) groups excluding carboxylic acids is 1. The van der Waals surface area contributed by atoms with E-state index in [2.05, 4.69) is 0 Å². The molecule has 7 heteroatoms. The zero-order valence-corrected chi connectivity index (χ0v) is 12.4. The fourth-order valence-corrected chi connectivity index (χ4v) is 4.96. The third-order valence-corrected chi connectivity index (χ3v) is 6.34. The zero-order chi connectivity index (χ0) is 14.3. The molecule has 0 aliphatic carbocycles. The van der Waals surface area contributed by atoms with Crippen molar-refractivity contribution in [3.05, 3.63) is 39.8 Å². The number of furan rings is 1. The summed E-state index contributed by atoms with van der Waals surface area (Å²) in [7, 11) is -3.71. The van der Waals surface area contributed by atoms with Gasteiger partial charge < -0.3 is 4.42 Å². The summed E-state index contributed by atoms with van der Waals surface area (Å²) in [5, 5.41) is 1.81. The van der Waals surface area contributed by atoms with Crippen molar-refractivity contribution in [1.82, 2.24) is 4.31 Å². The molecule has 0 aromatic carbocycles. The van der Waals surface area contributed by atoms with E-state index < -0.39 is 10.0 Å². The van der Waals surface area contributed by atoms with Crippen molar-refractivity contribution in [2.75, 3.05) is 6.54 Å². The average molecular weight is 311 g/mol. The van der Waals surface area contributed by atoms with E-state index >= 15 is 0 Å². The summed E-state index contributed by atoms with van der Waals surface area (Å²) >= 11 is 1.65. The highest BCUT2D eigenvalue weighted by Crippen LogP contribution is 2.36. The first kappa shape index (κ1) is 13.5. The third-order valence-electron chi connectivity index (χ3n) is 3.50. The highest BCUT2D eigenvalue weighted by atomic mass is 32.2. The number of nitrogens with zero attached hydrogens (tertiary/aromatic N) is 1. The lowest BCUT2D eigenvalue weighted by Crippen LogP contribution is -2.38. The van der Waals surface area contributed by atoms with Gasteiger partial charge in [0, 0.05) is 17.5 Å². The summed E-state index contributed by atoms with van der Waals surface area (Å²) in [6.45, 7) is 2.29. The Balaban J connectivity index is 1.98. The van der Waals surface area contributed by atoms with E-state index in [0.717, 1.165) is 5.56 Å². The summed E-state index contributed by atoms with van der Waals surface area (Å²) in [5.41, 5.74) is 1.05. The first-order chi connectivity index (χ1) is 9.54. The molecule has 1 unspecified atom stereocenters. The van der Waals surface area contributed by atoms with Crippen LogP contribution in [0.5, 0.6) is 0 Å². The smallest absolute Gasteiger partial charge is 0.277 e. The molecule has 106 valence electrons. The second-order valence-corrected chi connectivity index (χ2v) is 7.44. The molecule has 1 aliphatic rings. The monoisotopic (exact) mass is 311 g/mol. The van der Waals surface area contributed by atoms with Crippen LogP contribution in [0.15, 0.2) is 33.1 Å². The van der Waals surface area contributed by atoms with Crippen LogP contribution in [0.3, 0.4) is 0 Å². The molecule has 5 nitrogen and oxygen atoms in total. The molecule has 2 aromatic rings. The number of hydrogen-bond donors (Lipinski definition) is 0. The number of aldehydes is 1. The van der Waals surface area contributed by atoms with Gasteiger partial charge in [-0.05, 0) is 42.5 Å². The summed E-state index contributed by atoms with van der Waals surface area (Å²) in [4.78, 5) is 11.8. The van der Waals surface area contributed by atoms with Crippen LogP contribution in [-0.4, -0.2) is 25.6 Å². The van der Waals surface area contributed by atoms with Gasteiger partial charge >= 0.3 is 0 Å². The van der Waals surface area contributed by atoms with Crippen LogP contribution < -0.4 is 0 Å². The van der Waals surface area contributed by atoms with Crippen LogP contribution in [0, 0.1) is 0 Å². The molecule has 0 amide bonds. The maximum atomic E-state index is 12.6. The summed E-state index contributed by atoms with van der Waals surface area (Å²) in [6.07, 6.45) is 1.20. The van der Waals surface area contributed by atoms with E-state index in [9.17, 15) is 13.2 Å². The molecule has 0 saturated carbocycles. The van der Waals surface area contributed by atoms with Crippen LogP contribution in [-0.2, 0) is 16.4 Å². The Morgan fingerprint density at radius 1 is 1.40 bits per heavy atom. The fourth-order valence-electron chi connectivity index (χ4n) is 2.47. The molecule has 0 saturated heterocycles. The summed E-state index contributed by atoms with van der Waals surface area (Å²) in [5.74, 6) is 0.0180. The number of rotatable bonds is 3. The minimum absolute atomic E-state index is 0.0180. The van der Waals surface area contributed by atoms with E-state index in [1.54, 1.807) is 11.3 Å². The van der Waals surface area contributed by atoms with Crippen molar-refractivity contribution in [3.63, 3.8) is 0 Å². The maximum absolute atomic E-state index is 12.6. The van der Waals surface area contributed by atoms with Crippen molar-refractivity contribution < 1.29 is 17.6 Å². The molecule has 20 heavy (non-hydrogen) atoms. The molecule has 0 bridgehead atoms. The second kappa shape index (κ2) is 4.83. The molecule has 0 N–H and O–H groups in total. The molecule has 3 heterocycles. The molecule has 0 radical (unpaired) electrons. The topological polar surface area (TPSA) is 67.6 Å². The Hall–Kier alpha value is -1.44. The Morgan fingerprint density at radius 2 is 2.20 bits per heavy atom. The highest BCUT2D eigenvalue weighted by Gasteiger charge is 2.36. The zero-order valence-electron chi connectivity index (χ0n) is 10.8. The first-order valence-electron chi connectivity index (χ1n) is 6.17. The minimum Gasteiger partial charge on any atom is -0.440 e. The van der Waals surface area contributed by atoms with E-state index in [4.69, 9.17) is 4.42 Å². The number of hydrogen-bond acceptors (Lipinski definition) is 5. The van der Waals surface area contributed by atoms with E-state index in [0.29, 0.717) is 19.3 Å². The largest absolute Gasteiger partial charge is 0.440 e. The SMILES string of the molecule is CC1c2ccsc2CCN1S(=O)(=O)c1ccc(C=O)o1. The van der Waals surface area contributed by atoms with Gasteiger partial charge in [0.2, 0.25) is 5.09 Å². The number of carbonyl (C=O) groups is 1. The van der Waals surface area contributed by atoms with Crippen molar-refractivity contribution in [3.8, 4) is 0 Å². The molecule has 0 spiro atoms. The van der Waals surface area contributed by atoms with Crippen molar-refractivity contribution in [1.29, 1.82) is 0 Å².